The number of ether oxygens (including phenoxy) is 1. The molecule has 0 N–H and O–H groups in total. The quantitative estimate of drug-likeness (QED) is 0.446. The molecule has 2 aromatic carbocycles. The number of benzene rings is 2. The van der Waals surface area contributed by atoms with Crippen molar-refractivity contribution in [3.63, 3.8) is 0 Å². The van der Waals surface area contributed by atoms with Crippen LogP contribution in [-0.4, -0.2) is 41.5 Å². The number of hydroxylamine groups is 2. The highest BCUT2D eigenvalue weighted by Gasteiger charge is 2.14. The molecule has 1 aromatic heterocycles. The lowest BCUT2D eigenvalue weighted by atomic mass is 10.1. The van der Waals surface area contributed by atoms with E-state index in [0.717, 1.165) is 10.8 Å². The summed E-state index contributed by atoms with van der Waals surface area (Å²) in [5, 5.41) is 5.72. The van der Waals surface area contributed by atoms with Gasteiger partial charge in [0.15, 0.2) is 11.6 Å². The van der Waals surface area contributed by atoms with Gasteiger partial charge in [-0.3, -0.25) is 9.63 Å². The molecule has 0 saturated carbocycles. The molecule has 0 aliphatic heterocycles. The van der Waals surface area contributed by atoms with Gasteiger partial charge in [-0.15, -0.1) is 0 Å². The number of nitrogens with zero attached hydrogens (tertiary/aromatic N) is 3. The minimum Gasteiger partial charge on any atom is -0.491 e. The Morgan fingerprint density at radius 1 is 1.24 bits per heavy atom. The fraction of sp³-hybridized carbons (Fsp3) is 0.182. The van der Waals surface area contributed by atoms with Crippen molar-refractivity contribution in [1.82, 2.24) is 14.8 Å². The maximum absolute atomic E-state index is 14.4. The smallest absolute Gasteiger partial charge is 0.269 e. The second-order valence-corrected chi connectivity index (χ2v) is 6.14. The van der Waals surface area contributed by atoms with Crippen LogP contribution in [0.3, 0.4) is 0 Å². The molecule has 7 heteroatoms. The molecule has 6 nitrogen and oxygen atoms in total. The Bertz CT molecular complexity index is 1020. The van der Waals surface area contributed by atoms with Gasteiger partial charge in [0.05, 0.1) is 19.4 Å². The van der Waals surface area contributed by atoms with Crippen molar-refractivity contribution in [2.75, 3.05) is 20.8 Å². The highest BCUT2D eigenvalue weighted by molar-refractivity contribution is 5.92. The molecule has 0 aliphatic rings. The van der Waals surface area contributed by atoms with E-state index in [9.17, 15) is 9.18 Å². The molecule has 29 heavy (non-hydrogen) atoms. The predicted octanol–water partition coefficient (Wildman–Crippen LogP) is 4.11. The largest absolute Gasteiger partial charge is 0.491 e. The zero-order valence-electron chi connectivity index (χ0n) is 16.5. The first kappa shape index (κ1) is 20.3. The third-order valence-electron chi connectivity index (χ3n) is 4.26. The van der Waals surface area contributed by atoms with Gasteiger partial charge in [0.1, 0.15) is 5.69 Å². The van der Waals surface area contributed by atoms with Crippen LogP contribution in [0.4, 0.5) is 4.39 Å². The first-order chi connectivity index (χ1) is 14.0. The van der Waals surface area contributed by atoms with E-state index in [-0.39, 0.29) is 11.7 Å². The van der Waals surface area contributed by atoms with Crippen molar-refractivity contribution in [3.8, 4) is 22.7 Å². The van der Waals surface area contributed by atoms with Gasteiger partial charge >= 0.3 is 0 Å². The third kappa shape index (κ3) is 4.70. The number of carbonyl (C=O) groups is 1. The number of hydrogen-bond acceptors (Lipinski definition) is 4. The van der Waals surface area contributed by atoms with Gasteiger partial charge in [-0.05, 0) is 43.3 Å². The van der Waals surface area contributed by atoms with Crippen LogP contribution in [0.5, 0.6) is 5.75 Å². The van der Waals surface area contributed by atoms with Crippen LogP contribution < -0.4 is 4.74 Å². The summed E-state index contributed by atoms with van der Waals surface area (Å²) in [7, 11) is 2.93. The van der Waals surface area contributed by atoms with Crippen molar-refractivity contribution < 1.29 is 18.8 Å². The molecule has 0 fully saturated rings. The standard InChI is InChI=1S/C22H22FN3O3/c1-4-29-20-12-10-16(14-19(20)23)22-17(11-13-21(27)25(2)28-3)15-26(24-22)18-8-6-5-7-9-18/h5-15H,4H2,1-3H3/b13-11+. The number of carbonyl (C=O) groups excluding carboxylic acids is 1. The van der Waals surface area contributed by atoms with Gasteiger partial charge in [0.25, 0.3) is 5.91 Å². The summed E-state index contributed by atoms with van der Waals surface area (Å²) >= 11 is 0. The van der Waals surface area contributed by atoms with E-state index in [1.54, 1.807) is 36.0 Å². The average molecular weight is 395 g/mol. The average Bonchev–Trinajstić information content (AvgIpc) is 3.18. The van der Waals surface area contributed by atoms with Gasteiger partial charge in [-0.2, -0.15) is 5.10 Å². The van der Waals surface area contributed by atoms with E-state index in [1.807, 2.05) is 30.3 Å². The first-order valence-electron chi connectivity index (χ1n) is 9.11. The third-order valence-corrected chi connectivity index (χ3v) is 4.26. The van der Waals surface area contributed by atoms with Crippen molar-refractivity contribution in [3.05, 3.63) is 72.2 Å². The summed E-state index contributed by atoms with van der Waals surface area (Å²) in [5.74, 6) is -0.611. The van der Waals surface area contributed by atoms with Crippen molar-refractivity contribution in [2.24, 2.45) is 0 Å². The first-order valence-corrected chi connectivity index (χ1v) is 9.11. The number of para-hydroxylation sites is 1. The second-order valence-electron chi connectivity index (χ2n) is 6.14. The van der Waals surface area contributed by atoms with Crippen LogP contribution in [0.25, 0.3) is 23.0 Å². The van der Waals surface area contributed by atoms with Gasteiger partial charge in [-0.25, -0.2) is 14.1 Å². The Labute approximate surface area is 168 Å². The van der Waals surface area contributed by atoms with Crippen LogP contribution in [0, 0.1) is 5.82 Å². The van der Waals surface area contributed by atoms with Crippen molar-refractivity contribution in [1.29, 1.82) is 0 Å². The Morgan fingerprint density at radius 3 is 2.66 bits per heavy atom. The molecule has 0 aliphatic carbocycles. The summed E-state index contributed by atoms with van der Waals surface area (Å²) < 4.78 is 21.4. The number of hydrogen-bond donors (Lipinski definition) is 0. The zero-order chi connectivity index (χ0) is 20.8. The molecule has 0 radical (unpaired) electrons. The highest BCUT2D eigenvalue weighted by atomic mass is 19.1. The molecule has 1 amide bonds. The summed E-state index contributed by atoms with van der Waals surface area (Å²) in [5.41, 5.74) is 2.63. The Balaban J connectivity index is 2.04. The number of likely N-dealkylation sites (N-methyl/N-ethyl adjacent to an activating group) is 1. The topological polar surface area (TPSA) is 56.6 Å². The maximum atomic E-state index is 14.4. The van der Waals surface area contributed by atoms with Gasteiger partial charge < -0.3 is 4.74 Å². The van der Waals surface area contributed by atoms with Crippen molar-refractivity contribution in [2.45, 2.75) is 6.92 Å². The van der Waals surface area contributed by atoms with Gasteiger partial charge in [-0.1, -0.05) is 18.2 Å². The van der Waals surface area contributed by atoms with Crippen LogP contribution in [0.2, 0.25) is 0 Å². The maximum Gasteiger partial charge on any atom is 0.269 e. The molecule has 1 heterocycles. The normalized spacial score (nSPS) is 11.0. The Morgan fingerprint density at radius 2 is 2.00 bits per heavy atom. The molecular weight excluding hydrogens is 373 g/mol. The van der Waals surface area contributed by atoms with Crippen LogP contribution in [0.1, 0.15) is 12.5 Å². The summed E-state index contributed by atoms with van der Waals surface area (Å²) in [6.07, 6.45) is 4.80. The molecule has 0 bridgehead atoms. The van der Waals surface area contributed by atoms with E-state index in [4.69, 9.17) is 9.57 Å². The van der Waals surface area contributed by atoms with Gasteiger partial charge in [0.2, 0.25) is 0 Å². The molecule has 150 valence electrons. The van der Waals surface area contributed by atoms with E-state index < -0.39 is 5.82 Å². The SMILES string of the molecule is CCOc1ccc(-c2nn(-c3ccccc3)cc2/C=C/C(=O)N(C)OC)cc1F. The van der Waals surface area contributed by atoms with E-state index >= 15 is 0 Å². The fourth-order valence-corrected chi connectivity index (χ4v) is 2.72. The molecular formula is C22H22FN3O3. The Kier molecular flexibility index (Phi) is 6.41. The number of halogens is 1. The van der Waals surface area contributed by atoms with Gasteiger partial charge in [0, 0.05) is 30.4 Å². The Hall–Kier alpha value is -3.45. The number of rotatable bonds is 7. The number of amides is 1. The van der Waals surface area contributed by atoms with Crippen molar-refractivity contribution >= 4 is 12.0 Å². The lowest BCUT2D eigenvalue weighted by Crippen LogP contribution is -2.22. The van der Waals surface area contributed by atoms with Crippen LogP contribution in [0.15, 0.2) is 60.8 Å². The highest BCUT2D eigenvalue weighted by Crippen LogP contribution is 2.29. The van der Waals surface area contributed by atoms with E-state index in [1.165, 1.54) is 26.3 Å². The lowest BCUT2D eigenvalue weighted by molar-refractivity contribution is -0.162. The number of aromatic nitrogens is 2. The monoisotopic (exact) mass is 395 g/mol. The summed E-state index contributed by atoms with van der Waals surface area (Å²) in [6, 6.07) is 14.2. The lowest BCUT2D eigenvalue weighted by Gasteiger charge is -2.10. The molecule has 0 spiro atoms. The summed E-state index contributed by atoms with van der Waals surface area (Å²) in [4.78, 5) is 16.9. The predicted molar refractivity (Wildman–Crippen MR) is 109 cm³/mol. The van der Waals surface area contributed by atoms with Crippen LogP contribution >= 0.6 is 0 Å². The molecule has 0 unspecified atom stereocenters. The molecule has 3 rings (SSSR count). The van der Waals surface area contributed by atoms with E-state index in [2.05, 4.69) is 5.10 Å². The fourth-order valence-electron chi connectivity index (χ4n) is 2.72. The summed E-state index contributed by atoms with van der Waals surface area (Å²) in [6.45, 7) is 2.17. The zero-order valence-corrected chi connectivity index (χ0v) is 16.5. The minimum absolute atomic E-state index is 0.188. The second kappa shape index (κ2) is 9.16. The van der Waals surface area contributed by atoms with Crippen LogP contribution in [-0.2, 0) is 9.63 Å². The van der Waals surface area contributed by atoms with E-state index in [0.29, 0.717) is 23.4 Å². The molecule has 0 saturated heterocycles. The molecule has 0 atom stereocenters. The minimum atomic E-state index is -0.469. The molecule has 3 aromatic rings.